The lowest BCUT2D eigenvalue weighted by atomic mass is 9.96. The largest absolute Gasteiger partial charge is 0.368 e. The second-order valence-electron chi connectivity index (χ2n) is 7.68. The molecule has 1 aliphatic heterocycles. The molecule has 2 aromatic carbocycles. The van der Waals surface area contributed by atoms with Gasteiger partial charge >= 0.3 is 0 Å². The molecule has 1 saturated heterocycles. The Labute approximate surface area is 177 Å². The number of hydrogen-bond donors (Lipinski definition) is 2. The molecule has 160 valence electrons. The highest BCUT2D eigenvalue weighted by atomic mass is 32.2. The summed E-state index contributed by atoms with van der Waals surface area (Å²) in [6, 6.07) is 13.0. The summed E-state index contributed by atoms with van der Waals surface area (Å²) in [5.41, 5.74) is 8.04. The number of sulfonamides is 1. The average Bonchev–Trinajstić information content (AvgIpc) is 2.74. The van der Waals surface area contributed by atoms with Crippen LogP contribution in [0.25, 0.3) is 0 Å². The van der Waals surface area contributed by atoms with Crippen molar-refractivity contribution in [3.05, 3.63) is 65.2 Å². The number of nitrogens with two attached hydrogens (primary N) is 1. The minimum absolute atomic E-state index is 0.250. The number of carbonyl (C=O) groups is 2. The third-order valence-electron chi connectivity index (χ3n) is 5.64. The Hall–Kier alpha value is -2.71. The quantitative estimate of drug-likeness (QED) is 0.732. The average molecular weight is 430 g/mol. The van der Waals surface area contributed by atoms with Gasteiger partial charge in [-0.05, 0) is 55.5 Å². The van der Waals surface area contributed by atoms with Crippen LogP contribution >= 0.6 is 0 Å². The summed E-state index contributed by atoms with van der Waals surface area (Å²) in [5, 5.41) is 2.72. The van der Waals surface area contributed by atoms with Gasteiger partial charge < -0.3 is 11.1 Å². The lowest BCUT2D eigenvalue weighted by molar-refractivity contribution is -0.130. The summed E-state index contributed by atoms with van der Waals surface area (Å²) >= 11 is 0. The Morgan fingerprint density at radius 3 is 2.23 bits per heavy atom. The molecule has 30 heavy (non-hydrogen) atoms. The topological polar surface area (TPSA) is 110 Å². The van der Waals surface area contributed by atoms with Crippen molar-refractivity contribution in [2.45, 2.75) is 37.6 Å². The highest BCUT2D eigenvalue weighted by molar-refractivity contribution is 7.89. The van der Waals surface area contributed by atoms with Gasteiger partial charge in [0.25, 0.3) is 0 Å². The molecule has 3 N–H and O–H groups in total. The predicted molar refractivity (Wildman–Crippen MR) is 114 cm³/mol. The third kappa shape index (κ3) is 4.71. The van der Waals surface area contributed by atoms with Crippen molar-refractivity contribution in [1.29, 1.82) is 0 Å². The first-order valence-corrected chi connectivity index (χ1v) is 11.4. The maximum absolute atomic E-state index is 12.9. The molecule has 2 aromatic rings. The summed E-state index contributed by atoms with van der Waals surface area (Å²) in [6.45, 7) is 4.32. The lowest BCUT2D eigenvalue weighted by Crippen LogP contribution is -2.45. The van der Waals surface area contributed by atoms with Crippen molar-refractivity contribution in [3.8, 4) is 0 Å². The van der Waals surface area contributed by atoms with E-state index in [-0.39, 0.29) is 29.8 Å². The van der Waals surface area contributed by atoms with Crippen LogP contribution in [0.4, 0.5) is 0 Å². The fraction of sp³-hybridized carbons (Fsp3) is 0.364. The van der Waals surface area contributed by atoms with E-state index >= 15 is 0 Å². The zero-order valence-corrected chi connectivity index (χ0v) is 18.0. The first-order valence-electron chi connectivity index (χ1n) is 9.92. The Bertz CT molecular complexity index is 1030. The van der Waals surface area contributed by atoms with Crippen LogP contribution in [-0.4, -0.2) is 37.6 Å². The van der Waals surface area contributed by atoms with Gasteiger partial charge in [0, 0.05) is 19.0 Å². The molecule has 1 aliphatic rings. The maximum atomic E-state index is 12.9. The molecule has 0 saturated carbocycles. The molecule has 8 heteroatoms. The van der Waals surface area contributed by atoms with E-state index < -0.39 is 22.0 Å². The fourth-order valence-electron chi connectivity index (χ4n) is 3.61. The highest BCUT2D eigenvalue weighted by Crippen LogP contribution is 2.26. The van der Waals surface area contributed by atoms with Gasteiger partial charge in [0.2, 0.25) is 21.8 Å². The number of carbonyl (C=O) groups excluding carboxylic acids is 2. The van der Waals surface area contributed by atoms with Crippen molar-refractivity contribution in [2.24, 2.45) is 11.7 Å². The third-order valence-corrected chi connectivity index (χ3v) is 7.54. The maximum Gasteiger partial charge on any atom is 0.244 e. The molecule has 0 bridgehead atoms. The number of nitrogens with one attached hydrogen (secondary N) is 1. The van der Waals surface area contributed by atoms with Crippen molar-refractivity contribution >= 4 is 21.8 Å². The predicted octanol–water partition coefficient (Wildman–Crippen LogP) is 2.05. The summed E-state index contributed by atoms with van der Waals surface area (Å²) < 4.78 is 27.3. The van der Waals surface area contributed by atoms with Gasteiger partial charge in [0.05, 0.1) is 4.90 Å². The van der Waals surface area contributed by atoms with Gasteiger partial charge in [-0.25, -0.2) is 8.42 Å². The molecule has 1 heterocycles. The van der Waals surface area contributed by atoms with Crippen LogP contribution in [0.1, 0.15) is 35.6 Å². The zero-order chi connectivity index (χ0) is 21.9. The summed E-state index contributed by atoms with van der Waals surface area (Å²) in [5.74, 6) is -1.29. The van der Waals surface area contributed by atoms with Gasteiger partial charge in [-0.15, -0.1) is 0 Å². The molecule has 7 nitrogen and oxygen atoms in total. The van der Waals surface area contributed by atoms with E-state index in [1.807, 2.05) is 19.9 Å². The van der Waals surface area contributed by atoms with Gasteiger partial charge in [0.15, 0.2) is 0 Å². The first kappa shape index (κ1) is 22.0. The zero-order valence-electron chi connectivity index (χ0n) is 17.2. The molecule has 3 rings (SSSR count). The van der Waals surface area contributed by atoms with Crippen molar-refractivity contribution in [2.75, 3.05) is 13.1 Å². The van der Waals surface area contributed by atoms with E-state index in [1.165, 1.54) is 4.31 Å². The Kier molecular flexibility index (Phi) is 6.58. The van der Waals surface area contributed by atoms with Gasteiger partial charge in [-0.2, -0.15) is 4.31 Å². The number of rotatable bonds is 6. The van der Waals surface area contributed by atoms with Crippen LogP contribution in [0.2, 0.25) is 0 Å². The van der Waals surface area contributed by atoms with E-state index in [0.29, 0.717) is 18.4 Å². The van der Waals surface area contributed by atoms with Crippen LogP contribution in [0.3, 0.4) is 0 Å². The molecule has 0 aromatic heterocycles. The van der Waals surface area contributed by atoms with Crippen LogP contribution in [0.15, 0.2) is 53.4 Å². The molecule has 0 radical (unpaired) electrons. The molecular weight excluding hydrogens is 402 g/mol. The summed E-state index contributed by atoms with van der Waals surface area (Å²) in [6.07, 6.45) is 0.770. The van der Waals surface area contributed by atoms with E-state index in [4.69, 9.17) is 5.73 Å². The van der Waals surface area contributed by atoms with Gasteiger partial charge in [-0.3, -0.25) is 9.59 Å². The molecular formula is C22H27N3O4S. The minimum atomic E-state index is -3.60. The summed E-state index contributed by atoms with van der Waals surface area (Å²) in [4.78, 5) is 24.8. The number of aryl methyl sites for hydroxylation is 2. The summed E-state index contributed by atoms with van der Waals surface area (Å²) in [7, 11) is -3.60. The van der Waals surface area contributed by atoms with E-state index in [0.717, 1.165) is 11.1 Å². The Morgan fingerprint density at radius 1 is 1.03 bits per heavy atom. The smallest absolute Gasteiger partial charge is 0.244 e. The number of piperidine rings is 1. The number of benzene rings is 2. The standard InChI is InChI=1S/C22H27N3O4S/c1-15-8-9-19(14-16(15)2)30(28,29)25-12-10-18(11-13-25)22(27)24-20(21(23)26)17-6-4-3-5-7-17/h3-9,14,18,20H,10-13H2,1-2H3,(H2,23,26)(H,24,27). The van der Waals surface area contributed by atoms with Crippen LogP contribution in [0, 0.1) is 19.8 Å². The number of primary amides is 1. The second kappa shape index (κ2) is 8.97. The molecule has 0 aliphatic carbocycles. The van der Waals surface area contributed by atoms with Gasteiger partial charge in [-0.1, -0.05) is 36.4 Å². The van der Waals surface area contributed by atoms with Crippen LogP contribution in [0.5, 0.6) is 0 Å². The first-order chi connectivity index (χ1) is 14.2. The van der Waals surface area contributed by atoms with Gasteiger partial charge in [0.1, 0.15) is 6.04 Å². The number of hydrogen-bond acceptors (Lipinski definition) is 4. The molecule has 1 fully saturated rings. The SMILES string of the molecule is Cc1ccc(S(=O)(=O)N2CCC(C(=O)NC(C(N)=O)c3ccccc3)CC2)cc1C. The second-order valence-corrected chi connectivity index (χ2v) is 9.62. The van der Waals surface area contributed by atoms with Crippen molar-refractivity contribution < 1.29 is 18.0 Å². The van der Waals surface area contributed by atoms with Crippen LogP contribution < -0.4 is 11.1 Å². The van der Waals surface area contributed by atoms with Crippen molar-refractivity contribution in [1.82, 2.24) is 9.62 Å². The molecule has 0 spiro atoms. The Balaban J connectivity index is 1.65. The van der Waals surface area contributed by atoms with E-state index in [2.05, 4.69) is 5.32 Å². The van der Waals surface area contributed by atoms with E-state index in [1.54, 1.807) is 42.5 Å². The van der Waals surface area contributed by atoms with Crippen molar-refractivity contribution in [3.63, 3.8) is 0 Å². The number of amides is 2. The Morgan fingerprint density at radius 2 is 1.67 bits per heavy atom. The minimum Gasteiger partial charge on any atom is -0.368 e. The lowest BCUT2D eigenvalue weighted by Gasteiger charge is -2.31. The normalized spacial score (nSPS) is 16.7. The monoisotopic (exact) mass is 429 g/mol. The fourth-order valence-corrected chi connectivity index (χ4v) is 5.16. The molecule has 1 unspecified atom stereocenters. The van der Waals surface area contributed by atoms with E-state index in [9.17, 15) is 18.0 Å². The highest BCUT2D eigenvalue weighted by Gasteiger charge is 2.33. The number of nitrogens with zero attached hydrogens (tertiary/aromatic N) is 1. The van der Waals surface area contributed by atoms with Crippen LogP contribution in [-0.2, 0) is 19.6 Å². The molecule has 1 atom stereocenters. The molecule has 2 amide bonds.